The van der Waals surface area contributed by atoms with Crippen molar-refractivity contribution in [3.05, 3.63) is 30.1 Å². The zero-order chi connectivity index (χ0) is 16.3. The maximum Gasteiger partial charge on any atom is 0.188 e. The number of H-pyrrole nitrogens is 1. The van der Waals surface area contributed by atoms with E-state index in [1.54, 1.807) is 0 Å². The van der Waals surface area contributed by atoms with Crippen molar-refractivity contribution >= 4 is 41.0 Å². The van der Waals surface area contributed by atoms with Crippen LogP contribution in [-0.2, 0) is 6.42 Å². The van der Waals surface area contributed by atoms with Crippen molar-refractivity contribution in [1.29, 1.82) is 0 Å². The van der Waals surface area contributed by atoms with E-state index in [0.29, 0.717) is 5.96 Å². The number of nitrogens with zero attached hydrogens (tertiary/aromatic N) is 2. The number of aromatic nitrogens is 2. The molecule has 4 N–H and O–H groups in total. The van der Waals surface area contributed by atoms with Crippen molar-refractivity contribution in [2.75, 3.05) is 13.1 Å². The average Bonchev–Trinajstić information content (AvgIpc) is 2.96. The molecule has 1 aromatic heterocycles. The number of nitrogens with one attached hydrogen (secondary N) is 2. The molecule has 2 rings (SSSR count). The molecular weight excluding hydrogens is 413 g/mol. The summed E-state index contributed by atoms with van der Waals surface area (Å²) in [6.07, 6.45) is 8.45. The summed E-state index contributed by atoms with van der Waals surface area (Å²) in [7, 11) is 0. The molecule has 134 valence electrons. The third-order valence-electron chi connectivity index (χ3n) is 3.90. The van der Waals surface area contributed by atoms with Crippen LogP contribution in [0.25, 0.3) is 11.0 Å². The Kier molecular flexibility index (Phi) is 10.5. The highest BCUT2D eigenvalue weighted by molar-refractivity contribution is 14.0. The first-order chi connectivity index (χ1) is 11.3. The van der Waals surface area contributed by atoms with Crippen LogP contribution in [0.5, 0.6) is 0 Å². The van der Waals surface area contributed by atoms with E-state index in [1.165, 1.54) is 32.1 Å². The highest BCUT2D eigenvalue weighted by Gasteiger charge is 2.01. The van der Waals surface area contributed by atoms with Gasteiger partial charge in [-0.25, -0.2) is 4.98 Å². The standard InChI is InChI=1S/C18H29N5.HI/c1-2-3-4-5-6-9-13-20-18(19)21-14-12-17-22-15-10-7-8-11-16(15)23-17;/h7-8,10-11H,2-6,9,12-14H2,1H3,(H,22,23)(H3,19,20,21);1H. The minimum absolute atomic E-state index is 0. The molecular formula is C18H30IN5. The summed E-state index contributed by atoms with van der Waals surface area (Å²) in [5.74, 6) is 1.51. The van der Waals surface area contributed by atoms with E-state index in [4.69, 9.17) is 5.73 Å². The Morgan fingerprint density at radius 2 is 1.92 bits per heavy atom. The summed E-state index contributed by atoms with van der Waals surface area (Å²) in [6.45, 7) is 3.79. The predicted octanol–water partition coefficient (Wildman–Crippen LogP) is 3.99. The van der Waals surface area contributed by atoms with E-state index < -0.39 is 0 Å². The quantitative estimate of drug-likeness (QED) is 0.225. The van der Waals surface area contributed by atoms with Crippen molar-refractivity contribution in [3.8, 4) is 0 Å². The summed E-state index contributed by atoms with van der Waals surface area (Å²) < 4.78 is 0. The summed E-state index contributed by atoms with van der Waals surface area (Å²) in [5, 5.41) is 3.15. The lowest BCUT2D eigenvalue weighted by atomic mass is 10.1. The number of guanidine groups is 1. The number of aromatic amines is 1. The third-order valence-corrected chi connectivity index (χ3v) is 3.90. The van der Waals surface area contributed by atoms with Crippen LogP contribution in [0, 0.1) is 0 Å². The molecule has 0 fully saturated rings. The fraction of sp³-hybridized carbons (Fsp3) is 0.556. The SMILES string of the molecule is CCCCCCCCN=C(N)NCCc1nc2ccccc2[nH]1.I. The van der Waals surface area contributed by atoms with Crippen molar-refractivity contribution in [2.24, 2.45) is 10.7 Å². The van der Waals surface area contributed by atoms with Crippen LogP contribution in [-0.4, -0.2) is 29.0 Å². The molecule has 0 amide bonds. The van der Waals surface area contributed by atoms with Crippen LogP contribution in [0.2, 0.25) is 0 Å². The monoisotopic (exact) mass is 443 g/mol. The third kappa shape index (κ3) is 7.51. The molecule has 0 atom stereocenters. The van der Waals surface area contributed by atoms with E-state index in [9.17, 15) is 0 Å². The number of nitrogens with two attached hydrogens (primary N) is 1. The Hall–Kier alpha value is -1.31. The first-order valence-corrected chi connectivity index (χ1v) is 8.77. The second-order valence-electron chi connectivity index (χ2n) is 5.91. The van der Waals surface area contributed by atoms with Gasteiger partial charge in [-0.15, -0.1) is 24.0 Å². The topological polar surface area (TPSA) is 79.1 Å². The van der Waals surface area contributed by atoms with Gasteiger partial charge in [-0.3, -0.25) is 4.99 Å². The maximum absolute atomic E-state index is 5.88. The van der Waals surface area contributed by atoms with Crippen LogP contribution < -0.4 is 11.1 Å². The molecule has 1 heterocycles. The number of benzene rings is 1. The minimum Gasteiger partial charge on any atom is -0.370 e. The first kappa shape index (κ1) is 20.7. The van der Waals surface area contributed by atoms with Gasteiger partial charge in [-0.2, -0.15) is 0 Å². The lowest BCUT2D eigenvalue weighted by molar-refractivity contribution is 0.611. The van der Waals surface area contributed by atoms with Crippen LogP contribution in [0.15, 0.2) is 29.3 Å². The molecule has 0 radical (unpaired) electrons. The lowest BCUT2D eigenvalue weighted by Crippen LogP contribution is -2.33. The van der Waals surface area contributed by atoms with Gasteiger partial charge < -0.3 is 16.0 Å². The number of aliphatic imine (C=N–C) groups is 1. The molecule has 0 saturated carbocycles. The second-order valence-corrected chi connectivity index (χ2v) is 5.91. The van der Waals surface area contributed by atoms with E-state index in [1.807, 2.05) is 24.3 Å². The zero-order valence-corrected chi connectivity index (χ0v) is 16.9. The summed E-state index contributed by atoms with van der Waals surface area (Å²) in [6, 6.07) is 8.06. The molecule has 0 unspecified atom stereocenters. The Labute approximate surface area is 161 Å². The Morgan fingerprint density at radius 3 is 2.71 bits per heavy atom. The fourth-order valence-electron chi connectivity index (χ4n) is 2.58. The van der Waals surface area contributed by atoms with E-state index >= 15 is 0 Å². The van der Waals surface area contributed by atoms with Crippen molar-refractivity contribution in [3.63, 3.8) is 0 Å². The summed E-state index contributed by atoms with van der Waals surface area (Å²) in [4.78, 5) is 12.2. The largest absolute Gasteiger partial charge is 0.370 e. The van der Waals surface area contributed by atoms with Gasteiger partial charge in [0, 0.05) is 19.5 Å². The molecule has 0 spiro atoms. The zero-order valence-electron chi connectivity index (χ0n) is 14.6. The van der Waals surface area contributed by atoms with E-state index in [2.05, 4.69) is 27.2 Å². The molecule has 0 aliphatic heterocycles. The first-order valence-electron chi connectivity index (χ1n) is 8.77. The summed E-state index contributed by atoms with van der Waals surface area (Å²) >= 11 is 0. The van der Waals surface area contributed by atoms with Crippen molar-refractivity contribution in [2.45, 2.75) is 51.9 Å². The smallest absolute Gasteiger partial charge is 0.188 e. The van der Waals surface area contributed by atoms with Gasteiger partial charge in [0.05, 0.1) is 11.0 Å². The number of rotatable bonds is 10. The highest BCUT2D eigenvalue weighted by Crippen LogP contribution is 2.10. The van der Waals surface area contributed by atoms with Crippen molar-refractivity contribution in [1.82, 2.24) is 15.3 Å². The number of imidazole rings is 1. The van der Waals surface area contributed by atoms with Gasteiger partial charge in [-0.05, 0) is 18.6 Å². The number of hydrogen-bond acceptors (Lipinski definition) is 2. The Balaban J connectivity index is 0.00000288. The predicted molar refractivity (Wildman–Crippen MR) is 113 cm³/mol. The maximum atomic E-state index is 5.88. The van der Waals surface area contributed by atoms with Crippen LogP contribution in [0.3, 0.4) is 0 Å². The molecule has 6 heteroatoms. The number of para-hydroxylation sites is 2. The molecule has 1 aromatic carbocycles. The number of halogens is 1. The molecule has 0 aliphatic rings. The van der Waals surface area contributed by atoms with Crippen LogP contribution >= 0.6 is 24.0 Å². The van der Waals surface area contributed by atoms with Gasteiger partial charge in [0.25, 0.3) is 0 Å². The normalized spacial score (nSPS) is 11.5. The molecule has 5 nitrogen and oxygen atoms in total. The van der Waals surface area contributed by atoms with Gasteiger partial charge in [0.15, 0.2) is 5.96 Å². The van der Waals surface area contributed by atoms with E-state index in [0.717, 1.165) is 42.8 Å². The molecule has 0 saturated heterocycles. The second kappa shape index (κ2) is 12.1. The average molecular weight is 443 g/mol. The molecule has 24 heavy (non-hydrogen) atoms. The number of fused-ring (bicyclic) bond motifs is 1. The number of hydrogen-bond donors (Lipinski definition) is 3. The Morgan fingerprint density at radius 1 is 1.17 bits per heavy atom. The van der Waals surface area contributed by atoms with Crippen LogP contribution in [0.4, 0.5) is 0 Å². The summed E-state index contributed by atoms with van der Waals surface area (Å²) in [5.41, 5.74) is 7.97. The van der Waals surface area contributed by atoms with Gasteiger partial charge >= 0.3 is 0 Å². The van der Waals surface area contributed by atoms with Gasteiger partial charge in [-0.1, -0.05) is 51.2 Å². The molecule has 0 bridgehead atoms. The van der Waals surface area contributed by atoms with Gasteiger partial charge in [0.2, 0.25) is 0 Å². The van der Waals surface area contributed by atoms with E-state index in [-0.39, 0.29) is 24.0 Å². The van der Waals surface area contributed by atoms with Gasteiger partial charge in [0.1, 0.15) is 5.82 Å². The fourth-order valence-corrected chi connectivity index (χ4v) is 2.58. The molecule has 0 aliphatic carbocycles. The number of unbranched alkanes of at least 4 members (excludes halogenated alkanes) is 5. The minimum atomic E-state index is 0. The lowest BCUT2D eigenvalue weighted by Gasteiger charge is -2.04. The Bertz CT molecular complexity index is 575. The highest BCUT2D eigenvalue weighted by atomic mass is 127. The van der Waals surface area contributed by atoms with Crippen LogP contribution in [0.1, 0.15) is 51.3 Å². The molecule has 2 aromatic rings. The van der Waals surface area contributed by atoms with Crippen molar-refractivity contribution < 1.29 is 0 Å².